The van der Waals surface area contributed by atoms with E-state index in [1.165, 1.54) is 30.3 Å². The average Bonchev–Trinajstić information content (AvgIpc) is 3.50. The highest BCUT2D eigenvalue weighted by molar-refractivity contribution is 6.02. The van der Waals surface area contributed by atoms with Gasteiger partial charge in [0.2, 0.25) is 23.6 Å². The number of anilines is 1. The number of nitrogens with one attached hydrogen (secondary N) is 5. The highest BCUT2D eigenvalue weighted by Crippen LogP contribution is 2.40. The van der Waals surface area contributed by atoms with Crippen LogP contribution in [0.15, 0.2) is 79.0 Å². The highest BCUT2D eigenvalue weighted by atomic mass is 19.4. The first-order valence-corrected chi connectivity index (χ1v) is 17.3. The van der Waals surface area contributed by atoms with E-state index >= 15 is 0 Å². The van der Waals surface area contributed by atoms with Crippen molar-refractivity contribution in [2.24, 2.45) is 5.92 Å². The summed E-state index contributed by atoms with van der Waals surface area (Å²) in [6.07, 6.45) is -2.94. The van der Waals surface area contributed by atoms with E-state index in [-0.39, 0.29) is 48.1 Å². The summed E-state index contributed by atoms with van der Waals surface area (Å²) in [5, 5.41) is 12.0. The van der Waals surface area contributed by atoms with Gasteiger partial charge < -0.3 is 26.3 Å². The lowest BCUT2D eigenvalue weighted by atomic mass is 9.78. The number of hydrogen-bond donors (Lipinski definition) is 5. The van der Waals surface area contributed by atoms with Crippen LogP contribution in [0.2, 0.25) is 0 Å². The van der Waals surface area contributed by atoms with E-state index in [9.17, 15) is 36.7 Å². The first kappa shape index (κ1) is 37.0. The fraction of sp³-hybridized carbons (Fsp3) is 0.308. The molecule has 1 aliphatic rings. The second kappa shape index (κ2) is 15.1. The van der Waals surface area contributed by atoms with Crippen LogP contribution in [-0.4, -0.2) is 51.7 Å². The van der Waals surface area contributed by atoms with Gasteiger partial charge in [0.25, 0.3) is 0 Å². The Bertz CT molecular complexity index is 2200. The third kappa shape index (κ3) is 8.01. The number of nitrogens with zero attached hydrogens (tertiary/aromatic N) is 1. The molecule has 1 unspecified atom stereocenters. The van der Waals surface area contributed by atoms with Crippen molar-refractivity contribution < 1.29 is 36.7 Å². The van der Waals surface area contributed by atoms with Crippen LogP contribution in [0.1, 0.15) is 49.1 Å². The number of aromatic nitrogens is 2. The van der Waals surface area contributed by atoms with Crippen LogP contribution >= 0.6 is 0 Å². The molecule has 0 spiro atoms. The smallest absolute Gasteiger partial charge is 0.358 e. The molecule has 0 aliphatic heterocycles. The van der Waals surface area contributed by atoms with Crippen LogP contribution in [0.4, 0.5) is 23.2 Å². The lowest BCUT2D eigenvalue weighted by Gasteiger charge is -2.38. The molecule has 0 radical (unpaired) electrons. The largest absolute Gasteiger partial charge is 0.418 e. The van der Waals surface area contributed by atoms with Crippen molar-refractivity contribution in [1.82, 2.24) is 25.9 Å². The molecular formula is C39H38F4N6O4. The summed E-state index contributed by atoms with van der Waals surface area (Å²) >= 11 is 0. The molecule has 5 N–H and O–H groups in total. The number of para-hydroxylation sites is 1. The van der Waals surface area contributed by atoms with Gasteiger partial charge in [0.05, 0.1) is 29.6 Å². The maximum atomic E-state index is 14.5. The van der Waals surface area contributed by atoms with Crippen LogP contribution in [0.5, 0.6) is 0 Å². The first-order chi connectivity index (χ1) is 25.3. The lowest BCUT2D eigenvalue weighted by Crippen LogP contribution is -2.65. The minimum atomic E-state index is -4.64. The first-order valence-electron chi connectivity index (χ1n) is 17.3. The number of rotatable bonds is 11. The molecule has 5 aromatic rings. The number of carbonyl (C=O) groups is 4. The molecule has 0 bridgehead atoms. The average molecular weight is 731 g/mol. The fourth-order valence-corrected chi connectivity index (χ4v) is 6.79. The minimum absolute atomic E-state index is 0.0264. The third-order valence-electron chi connectivity index (χ3n) is 9.84. The molecule has 2 heterocycles. The van der Waals surface area contributed by atoms with E-state index < -0.39 is 59.3 Å². The number of pyridine rings is 1. The van der Waals surface area contributed by atoms with Crippen molar-refractivity contribution in [2.45, 2.75) is 63.7 Å². The van der Waals surface area contributed by atoms with Gasteiger partial charge in [-0.05, 0) is 66.3 Å². The Hall–Kier alpha value is -5.79. The zero-order chi connectivity index (χ0) is 37.9. The minimum Gasteiger partial charge on any atom is -0.358 e. The van der Waals surface area contributed by atoms with Crippen molar-refractivity contribution in [1.29, 1.82) is 0 Å². The van der Waals surface area contributed by atoms with Crippen molar-refractivity contribution in [3.63, 3.8) is 0 Å². The molecule has 2 aromatic heterocycles. The van der Waals surface area contributed by atoms with Crippen LogP contribution in [0.3, 0.4) is 0 Å². The van der Waals surface area contributed by atoms with E-state index in [1.807, 2.05) is 13.0 Å². The van der Waals surface area contributed by atoms with E-state index in [4.69, 9.17) is 0 Å². The van der Waals surface area contributed by atoms with Gasteiger partial charge in [0.15, 0.2) is 0 Å². The van der Waals surface area contributed by atoms with Gasteiger partial charge in [-0.15, -0.1) is 0 Å². The van der Waals surface area contributed by atoms with Crippen LogP contribution in [-0.2, 0) is 44.6 Å². The molecule has 3 aromatic carbocycles. The van der Waals surface area contributed by atoms with Gasteiger partial charge in [0.1, 0.15) is 17.4 Å². The Balaban J connectivity index is 1.28. The number of aryl methyl sites for hydroxylation is 1. The molecule has 10 nitrogen and oxygen atoms in total. The number of benzene rings is 3. The zero-order valence-electron chi connectivity index (χ0n) is 29.0. The molecule has 53 heavy (non-hydrogen) atoms. The molecule has 4 amide bonds. The van der Waals surface area contributed by atoms with Gasteiger partial charge >= 0.3 is 6.18 Å². The number of aromatic amines is 1. The summed E-state index contributed by atoms with van der Waals surface area (Å²) in [6, 6.07) is 17.3. The number of amides is 4. The second-order valence-electron chi connectivity index (χ2n) is 13.4. The van der Waals surface area contributed by atoms with Gasteiger partial charge in [-0.1, -0.05) is 56.7 Å². The number of alkyl halides is 3. The molecule has 0 fully saturated rings. The zero-order valence-corrected chi connectivity index (χ0v) is 29.0. The Morgan fingerprint density at radius 2 is 1.77 bits per heavy atom. The van der Waals surface area contributed by atoms with E-state index in [1.54, 1.807) is 43.5 Å². The number of carbonyl (C=O) groups excluding carboxylic acids is 4. The molecular weight excluding hydrogens is 692 g/mol. The van der Waals surface area contributed by atoms with Crippen molar-refractivity contribution in [2.75, 3.05) is 11.9 Å². The summed E-state index contributed by atoms with van der Waals surface area (Å²) in [7, 11) is 0. The Morgan fingerprint density at radius 1 is 0.981 bits per heavy atom. The van der Waals surface area contributed by atoms with Crippen molar-refractivity contribution >= 4 is 51.1 Å². The predicted molar refractivity (Wildman–Crippen MR) is 191 cm³/mol. The Morgan fingerprint density at radius 3 is 2.53 bits per heavy atom. The summed E-state index contributed by atoms with van der Waals surface area (Å²) in [6.45, 7) is 3.09. The summed E-state index contributed by atoms with van der Waals surface area (Å²) < 4.78 is 56.0. The Labute approximate surface area is 302 Å². The molecule has 6 rings (SSSR count). The highest BCUT2D eigenvalue weighted by Gasteiger charge is 2.46. The topological polar surface area (TPSA) is 145 Å². The van der Waals surface area contributed by atoms with Gasteiger partial charge in [-0.25, -0.2) is 4.39 Å². The summed E-state index contributed by atoms with van der Waals surface area (Å²) in [5.41, 5.74) is -0.448. The quantitative estimate of drug-likeness (QED) is 0.110. The van der Waals surface area contributed by atoms with Gasteiger partial charge in [0, 0.05) is 34.8 Å². The van der Waals surface area contributed by atoms with Gasteiger partial charge in [-0.3, -0.25) is 24.2 Å². The van der Waals surface area contributed by atoms with Crippen LogP contribution in [0, 0.1) is 11.7 Å². The molecule has 276 valence electrons. The number of hydrogen-bond acceptors (Lipinski definition) is 5. The van der Waals surface area contributed by atoms with Crippen molar-refractivity contribution in [3.8, 4) is 0 Å². The normalized spacial score (nSPS) is 16.7. The van der Waals surface area contributed by atoms with E-state index in [0.717, 1.165) is 17.0 Å². The monoisotopic (exact) mass is 730 g/mol. The number of H-pyrrole nitrogens is 1. The van der Waals surface area contributed by atoms with E-state index in [2.05, 4.69) is 31.2 Å². The SMILES string of the molecule is CC[C@H](C)C(NC(=O)[C@@]1(NC(=O)CNC(=O)Cc2ccccc2F)CCc2[nH]c3c(C(F)(F)F)cccc3c2C1)C(=O)Nc1ccc2ncccc2c1. The molecule has 1 aliphatic carbocycles. The molecule has 3 atom stereocenters. The second-order valence-corrected chi connectivity index (χ2v) is 13.4. The summed E-state index contributed by atoms with van der Waals surface area (Å²) in [5.74, 6) is -3.55. The fourth-order valence-electron chi connectivity index (χ4n) is 6.79. The predicted octanol–water partition coefficient (Wildman–Crippen LogP) is 5.75. The molecule has 14 heteroatoms. The van der Waals surface area contributed by atoms with E-state index in [0.29, 0.717) is 23.4 Å². The lowest BCUT2D eigenvalue weighted by molar-refractivity contribution is -0.136. The number of fused-ring (bicyclic) bond motifs is 4. The maximum Gasteiger partial charge on any atom is 0.418 e. The maximum absolute atomic E-state index is 14.5. The van der Waals surface area contributed by atoms with Gasteiger partial charge in [-0.2, -0.15) is 13.2 Å². The molecule has 0 saturated carbocycles. The third-order valence-corrected chi connectivity index (χ3v) is 9.84. The van der Waals surface area contributed by atoms with Crippen LogP contribution < -0.4 is 21.3 Å². The summed E-state index contributed by atoms with van der Waals surface area (Å²) in [4.78, 5) is 61.6. The number of halogens is 4. The molecule has 0 saturated heterocycles. The Kier molecular flexibility index (Phi) is 10.5. The van der Waals surface area contributed by atoms with Crippen molar-refractivity contribution in [3.05, 3.63) is 107 Å². The standard InChI is InChI=1S/C39H38F4N6O4/c1-3-22(2)34(36(52)46-25-13-14-30-24(18-25)9-7-17-44-30)48-37(53)38(49-33(51)21-45-32(50)19-23-8-4-5-12-29(23)40)16-15-31-27(20-38)26-10-6-11-28(35(26)47-31)39(41,42)43/h4-14,17-18,22,34,47H,3,15-16,19-21H2,1-2H3,(H,45,50)(H,46,52)(H,48,53)(H,49,51)/t22-,34?,38+/m0/s1. The van der Waals surface area contributed by atoms with Crippen LogP contribution in [0.25, 0.3) is 21.8 Å².